The van der Waals surface area contributed by atoms with Crippen LogP contribution in [0.15, 0.2) is 65.7 Å². The first-order chi connectivity index (χ1) is 18.6. The molecule has 2 heterocycles. The van der Waals surface area contributed by atoms with Crippen LogP contribution in [0, 0.1) is 6.92 Å². The van der Waals surface area contributed by atoms with Crippen LogP contribution in [0.1, 0.15) is 29.2 Å². The van der Waals surface area contributed by atoms with E-state index in [0.717, 1.165) is 23.3 Å². The predicted molar refractivity (Wildman–Crippen MR) is 142 cm³/mol. The van der Waals surface area contributed by atoms with Crippen LogP contribution >= 0.6 is 0 Å². The molecule has 0 aromatic heterocycles. The summed E-state index contributed by atoms with van der Waals surface area (Å²) in [6, 6.07) is 16.1. The van der Waals surface area contributed by atoms with Crippen LogP contribution in [0.3, 0.4) is 0 Å². The highest BCUT2D eigenvalue weighted by molar-refractivity contribution is 6.04. The maximum atomic E-state index is 13.5. The molecular weight excluding hydrogens is 509 g/mol. The zero-order chi connectivity index (χ0) is 27.7. The molecule has 1 N–H and O–H groups in total. The Morgan fingerprint density at radius 3 is 2.62 bits per heavy atom. The summed E-state index contributed by atoms with van der Waals surface area (Å²) in [5, 5.41) is 2.99. The number of amides is 2. The summed E-state index contributed by atoms with van der Waals surface area (Å²) < 4.78 is 51.8. The number of aryl methyl sites for hydroxylation is 1. The monoisotopic (exact) mass is 538 g/mol. The lowest BCUT2D eigenvalue weighted by atomic mass is 10.1. The highest BCUT2D eigenvalue weighted by atomic mass is 19.4. The standard InChI is InChI=1S/C29H29F3N4O3/c1-18-5-4-6-20(13-18)16-33-28(37)36-12-11-35(17-19(36)2)27-23-15-22(38-3)8-10-25(23)39-26-9-7-21(29(30,31)32)14-24(26)34-27/h4-10,13-15,19H,11-12,16-17H2,1-3H3,(H,33,37). The quantitative estimate of drug-likeness (QED) is 0.436. The normalized spacial score (nSPS) is 16.9. The van der Waals surface area contributed by atoms with Gasteiger partial charge in [0.2, 0.25) is 0 Å². The molecule has 0 spiro atoms. The number of aliphatic imine (C=N–C) groups is 1. The molecule has 5 rings (SSSR count). The van der Waals surface area contributed by atoms with E-state index in [4.69, 9.17) is 9.47 Å². The smallest absolute Gasteiger partial charge is 0.416 e. The Kier molecular flexibility index (Phi) is 7.12. The molecule has 1 unspecified atom stereocenters. The van der Waals surface area contributed by atoms with Crippen molar-refractivity contribution in [2.24, 2.45) is 4.99 Å². The Labute approximate surface area is 224 Å². The van der Waals surface area contributed by atoms with Crippen LogP contribution in [-0.4, -0.2) is 54.5 Å². The Hall–Kier alpha value is -4.21. The van der Waals surface area contributed by atoms with Gasteiger partial charge in [-0.05, 0) is 55.8 Å². The van der Waals surface area contributed by atoms with Gasteiger partial charge in [-0.3, -0.25) is 0 Å². The summed E-state index contributed by atoms with van der Waals surface area (Å²) in [6.45, 7) is 5.64. The fraction of sp³-hybridized carbons (Fsp3) is 0.310. The lowest BCUT2D eigenvalue weighted by Crippen LogP contribution is -2.57. The van der Waals surface area contributed by atoms with Gasteiger partial charge in [-0.2, -0.15) is 13.2 Å². The second-order valence-corrected chi connectivity index (χ2v) is 9.72. The van der Waals surface area contributed by atoms with Gasteiger partial charge in [0.25, 0.3) is 0 Å². The molecule has 0 bridgehead atoms. The van der Waals surface area contributed by atoms with Gasteiger partial charge in [0.05, 0.1) is 18.2 Å². The van der Waals surface area contributed by atoms with Gasteiger partial charge in [0.1, 0.15) is 23.0 Å². The van der Waals surface area contributed by atoms with E-state index < -0.39 is 11.7 Å². The van der Waals surface area contributed by atoms with Crippen LogP contribution in [0.2, 0.25) is 0 Å². The van der Waals surface area contributed by atoms with Gasteiger partial charge in [0.15, 0.2) is 5.75 Å². The van der Waals surface area contributed by atoms with E-state index >= 15 is 0 Å². The van der Waals surface area contributed by atoms with Gasteiger partial charge >= 0.3 is 12.2 Å². The molecule has 3 aromatic carbocycles. The highest BCUT2D eigenvalue weighted by Crippen LogP contribution is 2.42. The van der Waals surface area contributed by atoms with Crippen LogP contribution < -0.4 is 14.8 Å². The largest absolute Gasteiger partial charge is 0.497 e. The van der Waals surface area contributed by atoms with Crippen molar-refractivity contribution in [2.75, 3.05) is 26.7 Å². The van der Waals surface area contributed by atoms with Crippen molar-refractivity contribution < 1.29 is 27.4 Å². The van der Waals surface area contributed by atoms with Crippen LogP contribution in [0.25, 0.3) is 0 Å². The Balaban J connectivity index is 1.41. The fourth-order valence-corrected chi connectivity index (χ4v) is 4.85. The van der Waals surface area contributed by atoms with Gasteiger partial charge in [-0.1, -0.05) is 29.8 Å². The van der Waals surface area contributed by atoms with Crippen molar-refractivity contribution in [2.45, 2.75) is 32.6 Å². The third-order valence-corrected chi connectivity index (χ3v) is 6.87. The Morgan fingerprint density at radius 2 is 1.90 bits per heavy atom. The maximum absolute atomic E-state index is 13.5. The Bertz CT molecular complexity index is 1420. The van der Waals surface area contributed by atoms with Crippen LogP contribution in [0.4, 0.5) is 23.7 Å². The van der Waals surface area contributed by atoms with E-state index in [0.29, 0.717) is 49.1 Å². The molecular formula is C29H29F3N4O3. The number of piperazine rings is 1. The number of hydrogen-bond donors (Lipinski definition) is 1. The number of nitrogens with zero attached hydrogens (tertiary/aromatic N) is 3. The number of urea groups is 1. The number of carbonyl (C=O) groups is 1. The van der Waals surface area contributed by atoms with Gasteiger partial charge < -0.3 is 24.6 Å². The summed E-state index contributed by atoms with van der Waals surface area (Å²) in [5.74, 6) is 1.72. The molecule has 7 nitrogen and oxygen atoms in total. The van der Waals surface area contributed by atoms with E-state index in [1.165, 1.54) is 13.2 Å². The second kappa shape index (κ2) is 10.5. The third-order valence-electron chi connectivity index (χ3n) is 6.87. The minimum Gasteiger partial charge on any atom is -0.497 e. The van der Waals surface area contributed by atoms with Gasteiger partial charge in [-0.15, -0.1) is 0 Å². The summed E-state index contributed by atoms with van der Waals surface area (Å²) in [4.78, 5) is 21.4. The SMILES string of the molecule is COc1ccc2c(c1)C(N1CCN(C(=O)NCc3cccc(C)c3)C(C)C1)=Nc1cc(C(F)(F)F)ccc1O2. The van der Waals surface area contributed by atoms with Crippen molar-refractivity contribution in [1.29, 1.82) is 0 Å². The number of carbonyl (C=O) groups excluding carboxylic acids is 1. The van der Waals surface area contributed by atoms with Crippen molar-refractivity contribution in [3.05, 3.63) is 82.9 Å². The first-order valence-electron chi connectivity index (χ1n) is 12.6. The van der Waals surface area contributed by atoms with Crippen molar-refractivity contribution in [3.8, 4) is 17.2 Å². The summed E-state index contributed by atoms with van der Waals surface area (Å²) in [5.41, 5.74) is 2.02. The number of nitrogens with one attached hydrogen (secondary N) is 1. The first kappa shape index (κ1) is 26.4. The lowest BCUT2D eigenvalue weighted by Gasteiger charge is -2.41. The number of hydrogen-bond acceptors (Lipinski definition) is 5. The molecule has 204 valence electrons. The molecule has 0 radical (unpaired) electrons. The van der Waals surface area contributed by atoms with E-state index in [-0.39, 0.29) is 23.5 Å². The molecule has 1 fully saturated rings. The first-order valence-corrected chi connectivity index (χ1v) is 12.6. The van der Waals surface area contributed by atoms with Crippen LogP contribution in [-0.2, 0) is 12.7 Å². The average Bonchev–Trinajstić information content (AvgIpc) is 3.07. The summed E-state index contributed by atoms with van der Waals surface area (Å²) in [7, 11) is 1.54. The number of amidine groups is 1. The number of fused-ring (bicyclic) bond motifs is 2. The molecule has 3 aromatic rings. The number of methoxy groups -OCH3 is 1. The molecule has 0 saturated carbocycles. The minimum absolute atomic E-state index is 0.0842. The van der Waals surface area contributed by atoms with E-state index in [2.05, 4.69) is 10.3 Å². The Morgan fingerprint density at radius 1 is 1.10 bits per heavy atom. The van der Waals surface area contributed by atoms with Crippen molar-refractivity contribution in [3.63, 3.8) is 0 Å². The number of halogens is 3. The second-order valence-electron chi connectivity index (χ2n) is 9.72. The maximum Gasteiger partial charge on any atom is 0.416 e. The molecule has 1 saturated heterocycles. The molecule has 2 aliphatic heterocycles. The topological polar surface area (TPSA) is 66.4 Å². The van der Waals surface area contributed by atoms with Crippen molar-refractivity contribution in [1.82, 2.24) is 15.1 Å². The zero-order valence-electron chi connectivity index (χ0n) is 21.9. The van der Waals surface area contributed by atoms with E-state index in [1.807, 2.05) is 43.0 Å². The van der Waals surface area contributed by atoms with Crippen molar-refractivity contribution >= 4 is 17.6 Å². The predicted octanol–water partition coefficient (Wildman–Crippen LogP) is 6.12. The van der Waals surface area contributed by atoms with E-state index in [9.17, 15) is 18.0 Å². The highest BCUT2D eigenvalue weighted by Gasteiger charge is 2.34. The lowest BCUT2D eigenvalue weighted by molar-refractivity contribution is -0.137. The van der Waals surface area contributed by atoms with Gasteiger partial charge in [-0.25, -0.2) is 9.79 Å². The number of rotatable bonds is 3. The number of alkyl halides is 3. The van der Waals surface area contributed by atoms with E-state index in [1.54, 1.807) is 23.1 Å². The number of benzene rings is 3. The molecule has 1 atom stereocenters. The summed E-state index contributed by atoms with van der Waals surface area (Å²) >= 11 is 0. The molecule has 2 aliphatic rings. The summed E-state index contributed by atoms with van der Waals surface area (Å²) in [6.07, 6.45) is -4.51. The van der Waals surface area contributed by atoms with Gasteiger partial charge in [0, 0.05) is 32.2 Å². The number of ether oxygens (including phenoxy) is 2. The van der Waals surface area contributed by atoms with Crippen LogP contribution in [0.5, 0.6) is 17.2 Å². The molecule has 2 amide bonds. The molecule has 39 heavy (non-hydrogen) atoms. The molecule has 10 heteroatoms. The minimum atomic E-state index is -4.51. The average molecular weight is 539 g/mol. The zero-order valence-corrected chi connectivity index (χ0v) is 21.9. The third kappa shape index (κ3) is 5.64. The fourth-order valence-electron chi connectivity index (χ4n) is 4.85. The molecule has 0 aliphatic carbocycles.